The first-order chi connectivity index (χ1) is 15.2. The van der Waals surface area contributed by atoms with Crippen LogP contribution in [-0.4, -0.2) is 42.7 Å². The van der Waals surface area contributed by atoms with Crippen LogP contribution in [0, 0.1) is 0 Å². The van der Waals surface area contributed by atoms with Crippen LogP contribution in [0.1, 0.15) is 28.0 Å². The van der Waals surface area contributed by atoms with Crippen molar-refractivity contribution in [2.75, 3.05) is 19.8 Å². The summed E-state index contributed by atoms with van der Waals surface area (Å²) in [6, 6.07) is 14.9. The second-order valence-electron chi connectivity index (χ2n) is 7.66. The number of aryl methyl sites for hydroxylation is 1. The fraction of sp³-hybridized carbons (Fsp3) is 0.292. The van der Waals surface area contributed by atoms with Crippen molar-refractivity contribution in [2.24, 2.45) is 0 Å². The van der Waals surface area contributed by atoms with Crippen LogP contribution < -0.4 is 14.8 Å². The first kappa shape index (κ1) is 19.4. The van der Waals surface area contributed by atoms with Crippen molar-refractivity contribution in [3.63, 3.8) is 0 Å². The Morgan fingerprint density at radius 1 is 1.06 bits per heavy atom. The largest absolute Gasteiger partial charge is 0.486 e. The number of benzene rings is 2. The monoisotopic (exact) mass is 418 g/mol. The maximum atomic E-state index is 12.9. The molecule has 2 aliphatic rings. The minimum Gasteiger partial charge on any atom is -0.486 e. The molecule has 0 fully saturated rings. The molecule has 1 atom stereocenters. The number of nitrogens with zero attached hydrogens (tertiary/aromatic N) is 1. The molecule has 0 bridgehead atoms. The molecular weight excluding hydrogens is 396 g/mol. The highest BCUT2D eigenvalue weighted by molar-refractivity contribution is 6.05. The van der Waals surface area contributed by atoms with E-state index in [1.54, 1.807) is 0 Å². The summed E-state index contributed by atoms with van der Waals surface area (Å²) in [5.74, 6) is 0.470. The molecule has 1 aliphatic carbocycles. The van der Waals surface area contributed by atoms with Gasteiger partial charge in [0.15, 0.2) is 18.1 Å². The third-order valence-electron chi connectivity index (χ3n) is 5.55. The summed E-state index contributed by atoms with van der Waals surface area (Å²) >= 11 is 0. The van der Waals surface area contributed by atoms with Crippen LogP contribution in [0.25, 0.3) is 10.9 Å². The van der Waals surface area contributed by atoms with E-state index in [9.17, 15) is 9.59 Å². The molecule has 7 nitrogen and oxygen atoms in total. The number of ether oxygens (including phenoxy) is 3. The van der Waals surface area contributed by atoms with Gasteiger partial charge in [0.25, 0.3) is 5.91 Å². The molecule has 0 saturated carbocycles. The van der Waals surface area contributed by atoms with Crippen molar-refractivity contribution >= 4 is 22.8 Å². The van der Waals surface area contributed by atoms with E-state index < -0.39 is 5.97 Å². The molecule has 158 valence electrons. The first-order valence-electron chi connectivity index (χ1n) is 10.4. The Morgan fingerprint density at radius 3 is 2.77 bits per heavy atom. The molecule has 0 unspecified atom stereocenters. The summed E-state index contributed by atoms with van der Waals surface area (Å²) in [4.78, 5) is 29.8. The summed E-state index contributed by atoms with van der Waals surface area (Å²) in [6.45, 7) is 0.249. The summed E-state index contributed by atoms with van der Waals surface area (Å²) in [6.07, 6.45) is 2.31. The molecule has 0 radical (unpaired) electrons. The van der Waals surface area contributed by atoms with Crippen LogP contribution in [0.5, 0.6) is 11.5 Å². The summed E-state index contributed by atoms with van der Waals surface area (Å²) in [5.41, 5.74) is 3.20. The third kappa shape index (κ3) is 3.91. The van der Waals surface area contributed by atoms with E-state index >= 15 is 0 Å². The van der Waals surface area contributed by atoms with Crippen molar-refractivity contribution in [3.8, 4) is 11.5 Å². The van der Waals surface area contributed by atoms with Crippen molar-refractivity contribution in [1.29, 1.82) is 0 Å². The van der Waals surface area contributed by atoms with E-state index in [1.165, 1.54) is 0 Å². The second kappa shape index (κ2) is 8.26. The molecule has 5 rings (SSSR count). The molecule has 3 aromatic rings. The van der Waals surface area contributed by atoms with Crippen LogP contribution in [0.4, 0.5) is 0 Å². The van der Waals surface area contributed by atoms with Crippen molar-refractivity contribution in [3.05, 3.63) is 65.4 Å². The van der Waals surface area contributed by atoms with Crippen LogP contribution in [0.2, 0.25) is 0 Å². The molecular formula is C24H22N2O5. The average Bonchev–Trinajstić information content (AvgIpc) is 3.27. The number of para-hydroxylation sites is 3. The van der Waals surface area contributed by atoms with Gasteiger partial charge in [-0.05, 0) is 43.0 Å². The molecule has 1 amide bonds. The van der Waals surface area contributed by atoms with Gasteiger partial charge in [0.1, 0.15) is 12.7 Å². The SMILES string of the molecule is O=C(COC(=O)c1c2c(nc3ccccc13)CCC2)NC[C@@H]1COc2ccccc2O1. The van der Waals surface area contributed by atoms with Gasteiger partial charge in [-0.2, -0.15) is 0 Å². The topological polar surface area (TPSA) is 86.8 Å². The molecule has 2 aromatic carbocycles. The number of esters is 1. The number of nitrogens with one attached hydrogen (secondary N) is 1. The molecule has 2 heterocycles. The van der Waals surface area contributed by atoms with Crippen molar-refractivity contribution in [2.45, 2.75) is 25.4 Å². The lowest BCUT2D eigenvalue weighted by Crippen LogP contribution is -2.42. The quantitative estimate of drug-likeness (QED) is 0.642. The average molecular weight is 418 g/mol. The summed E-state index contributed by atoms with van der Waals surface area (Å²) < 4.78 is 16.8. The van der Waals surface area contributed by atoms with Gasteiger partial charge in [0.2, 0.25) is 0 Å². The lowest BCUT2D eigenvalue weighted by atomic mass is 10.0. The van der Waals surface area contributed by atoms with E-state index in [-0.39, 0.29) is 25.2 Å². The summed E-state index contributed by atoms with van der Waals surface area (Å²) in [5, 5.41) is 3.51. The van der Waals surface area contributed by atoms with E-state index in [4.69, 9.17) is 14.2 Å². The van der Waals surface area contributed by atoms with Gasteiger partial charge in [-0.1, -0.05) is 30.3 Å². The third-order valence-corrected chi connectivity index (χ3v) is 5.55. The minimum atomic E-state index is -0.488. The Hall–Kier alpha value is -3.61. The normalized spacial score (nSPS) is 16.6. The van der Waals surface area contributed by atoms with Crippen LogP contribution in [0.3, 0.4) is 0 Å². The van der Waals surface area contributed by atoms with E-state index in [1.807, 2.05) is 48.5 Å². The lowest BCUT2D eigenvalue weighted by molar-refractivity contribution is -0.124. The molecule has 0 spiro atoms. The zero-order valence-corrected chi connectivity index (χ0v) is 16.9. The first-order valence-corrected chi connectivity index (χ1v) is 10.4. The minimum absolute atomic E-state index is 0.262. The number of amides is 1. The van der Waals surface area contributed by atoms with Gasteiger partial charge < -0.3 is 19.5 Å². The molecule has 31 heavy (non-hydrogen) atoms. The fourth-order valence-corrected chi connectivity index (χ4v) is 4.09. The van der Waals surface area contributed by atoms with Crippen LogP contribution >= 0.6 is 0 Å². The standard InChI is InChI=1S/C24H22N2O5/c27-22(25-12-15-13-29-20-10-3-4-11-21(20)31-15)14-30-24(28)23-16-6-1-2-8-18(16)26-19-9-5-7-17(19)23/h1-4,6,8,10-11,15H,5,7,9,12-14H2,(H,25,27)/t15-/m1/s1. The van der Waals surface area contributed by atoms with E-state index in [0.717, 1.165) is 41.4 Å². The number of hydrogen-bond donors (Lipinski definition) is 1. The predicted octanol–water partition coefficient (Wildman–Crippen LogP) is 2.84. The maximum Gasteiger partial charge on any atom is 0.339 e. The smallest absolute Gasteiger partial charge is 0.339 e. The molecule has 1 aromatic heterocycles. The van der Waals surface area contributed by atoms with Gasteiger partial charge in [-0.15, -0.1) is 0 Å². The van der Waals surface area contributed by atoms with Gasteiger partial charge in [-0.25, -0.2) is 4.79 Å². The second-order valence-corrected chi connectivity index (χ2v) is 7.66. The van der Waals surface area contributed by atoms with Crippen molar-refractivity contribution in [1.82, 2.24) is 10.3 Å². The van der Waals surface area contributed by atoms with Gasteiger partial charge in [-0.3, -0.25) is 9.78 Å². The number of pyridine rings is 1. The number of fused-ring (bicyclic) bond motifs is 3. The Kier molecular flexibility index (Phi) is 5.16. The Morgan fingerprint density at radius 2 is 1.87 bits per heavy atom. The van der Waals surface area contributed by atoms with Crippen molar-refractivity contribution < 1.29 is 23.8 Å². The number of hydrogen-bond acceptors (Lipinski definition) is 6. The number of carbonyl (C=O) groups excluding carboxylic acids is 2. The van der Waals surface area contributed by atoms with E-state index in [2.05, 4.69) is 10.3 Å². The fourth-order valence-electron chi connectivity index (χ4n) is 4.09. The zero-order valence-electron chi connectivity index (χ0n) is 16.9. The zero-order chi connectivity index (χ0) is 21.2. The predicted molar refractivity (Wildman–Crippen MR) is 113 cm³/mol. The molecule has 1 aliphatic heterocycles. The number of rotatable bonds is 5. The number of carbonyl (C=O) groups is 2. The molecule has 1 N–H and O–H groups in total. The van der Waals surface area contributed by atoms with Crippen LogP contribution in [0.15, 0.2) is 48.5 Å². The Balaban J connectivity index is 1.20. The van der Waals surface area contributed by atoms with Gasteiger partial charge in [0.05, 0.1) is 17.6 Å². The molecule has 0 saturated heterocycles. The lowest BCUT2D eigenvalue weighted by Gasteiger charge is -2.26. The van der Waals surface area contributed by atoms with Crippen LogP contribution in [-0.2, 0) is 22.4 Å². The number of aromatic nitrogens is 1. The Bertz CT molecular complexity index is 1160. The van der Waals surface area contributed by atoms with E-state index in [0.29, 0.717) is 23.7 Å². The van der Waals surface area contributed by atoms with Gasteiger partial charge in [0, 0.05) is 11.1 Å². The maximum absolute atomic E-state index is 12.9. The highest BCUT2D eigenvalue weighted by atomic mass is 16.6. The molecule has 7 heteroatoms. The highest BCUT2D eigenvalue weighted by Gasteiger charge is 2.25. The Labute approximate surface area is 179 Å². The highest BCUT2D eigenvalue weighted by Crippen LogP contribution is 2.31. The summed E-state index contributed by atoms with van der Waals surface area (Å²) in [7, 11) is 0. The van der Waals surface area contributed by atoms with Gasteiger partial charge >= 0.3 is 5.97 Å².